The van der Waals surface area contributed by atoms with Gasteiger partial charge in [0.25, 0.3) is 0 Å². The average molecular weight is 346 g/mol. The van der Waals surface area contributed by atoms with Crippen LogP contribution < -0.4 is 5.32 Å². The van der Waals surface area contributed by atoms with E-state index in [1.807, 2.05) is 12.1 Å². The molecular formula is C20H30N2O3. The van der Waals surface area contributed by atoms with Crippen LogP contribution in [-0.4, -0.2) is 60.4 Å². The number of carboxylic acids is 1. The monoisotopic (exact) mass is 346 g/mol. The third kappa shape index (κ3) is 4.81. The molecular weight excluding hydrogens is 316 g/mol. The van der Waals surface area contributed by atoms with Gasteiger partial charge in [-0.2, -0.15) is 0 Å². The molecule has 2 fully saturated rings. The molecule has 1 unspecified atom stereocenters. The van der Waals surface area contributed by atoms with Crippen molar-refractivity contribution in [2.75, 3.05) is 32.8 Å². The molecule has 1 atom stereocenters. The second-order valence-electron chi connectivity index (χ2n) is 7.44. The van der Waals surface area contributed by atoms with Gasteiger partial charge in [-0.05, 0) is 56.3 Å². The van der Waals surface area contributed by atoms with Crippen molar-refractivity contribution in [2.45, 2.75) is 50.7 Å². The summed E-state index contributed by atoms with van der Waals surface area (Å²) >= 11 is 0. The lowest BCUT2D eigenvalue weighted by Gasteiger charge is -2.38. The van der Waals surface area contributed by atoms with Gasteiger partial charge in [0.15, 0.2) is 0 Å². The number of hydrogen-bond donors (Lipinski definition) is 2. The molecule has 0 radical (unpaired) electrons. The van der Waals surface area contributed by atoms with E-state index in [9.17, 15) is 4.79 Å². The summed E-state index contributed by atoms with van der Waals surface area (Å²) in [5.41, 5.74) is 1.66. The molecule has 0 amide bonds. The molecule has 1 aromatic carbocycles. The molecule has 0 aliphatic carbocycles. The Bertz CT molecular complexity index is 565. The van der Waals surface area contributed by atoms with Crippen molar-refractivity contribution in [3.8, 4) is 0 Å². The summed E-state index contributed by atoms with van der Waals surface area (Å²) in [5.74, 6) is -0.865. The number of ether oxygens (including phenoxy) is 1. The van der Waals surface area contributed by atoms with Crippen LogP contribution in [0, 0.1) is 0 Å². The first-order chi connectivity index (χ1) is 12.1. The molecule has 1 aromatic rings. The van der Waals surface area contributed by atoms with Gasteiger partial charge in [-0.3, -0.25) is 0 Å². The second kappa shape index (κ2) is 8.30. The molecule has 2 saturated heterocycles. The number of rotatable bonds is 7. The van der Waals surface area contributed by atoms with E-state index in [1.165, 1.54) is 12.0 Å². The van der Waals surface area contributed by atoms with Crippen molar-refractivity contribution in [3.63, 3.8) is 0 Å². The van der Waals surface area contributed by atoms with E-state index in [0.717, 1.165) is 58.5 Å². The first-order valence-electron chi connectivity index (χ1n) is 9.52. The number of nitrogens with zero attached hydrogens (tertiary/aromatic N) is 1. The number of aromatic carboxylic acids is 1. The van der Waals surface area contributed by atoms with Crippen LogP contribution in [0.25, 0.3) is 0 Å². The summed E-state index contributed by atoms with van der Waals surface area (Å²) in [5, 5.41) is 12.5. The minimum absolute atomic E-state index is 0.102. The van der Waals surface area contributed by atoms with Gasteiger partial charge in [-0.25, -0.2) is 4.79 Å². The number of carbonyl (C=O) groups is 1. The van der Waals surface area contributed by atoms with Gasteiger partial charge in [0.2, 0.25) is 0 Å². The summed E-state index contributed by atoms with van der Waals surface area (Å²) < 4.78 is 6.19. The van der Waals surface area contributed by atoms with E-state index in [4.69, 9.17) is 9.84 Å². The Labute approximate surface area is 150 Å². The van der Waals surface area contributed by atoms with Crippen LogP contribution in [0.3, 0.4) is 0 Å². The Kier molecular flexibility index (Phi) is 6.10. The van der Waals surface area contributed by atoms with E-state index in [0.29, 0.717) is 11.6 Å². The maximum atomic E-state index is 10.9. The third-order valence-corrected chi connectivity index (χ3v) is 5.58. The topological polar surface area (TPSA) is 61.8 Å². The summed E-state index contributed by atoms with van der Waals surface area (Å²) in [6.45, 7) is 7.35. The van der Waals surface area contributed by atoms with Crippen molar-refractivity contribution in [1.82, 2.24) is 10.2 Å². The van der Waals surface area contributed by atoms with Crippen molar-refractivity contribution in [1.29, 1.82) is 0 Å². The van der Waals surface area contributed by atoms with Gasteiger partial charge in [-0.15, -0.1) is 0 Å². The highest BCUT2D eigenvalue weighted by Gasteiger charge is 2.42. The zero-order valence-electron chi connectivity index (χ0n) is 15.2. The smallest absolute Gasteiger partial charge is 0.335 e. The predicted molar refractivity (Wildman–Crippen MR) is 98.2 cm³/mol. The first-order valence-corrected chi connectivity index (χ1v) is 9.52. The number of hydrogen-bond acceptors (Lipinski definition) is 4. The largest absolute Gasteiger partial charge is 0.478 e. The minimum atomic E-state index is -0.865. The Morgan fingerprint density at radius 2 is 2.04 bits per heavy atom. The number of nitrogens with one attached hydrogen (secondary N) is 1. The highest BCUT2D eigenvalue weighted by atomic mass is 16.5. The van der Waals surface area contributed by atoms with Crippen molar-refractivity contribution in [2.24, 2.45) is 0 Å². The normalized spacial score (nSPS) is 23.2. The molecule has 5 nitrogen and oxygen atoms in total. The zero-order chi connectivity index (χ0) is 17.7. The Morgan fingerprint density at radius 1 is 1.32 bits per heavy atom. The Morgan fingerprint density at radius 3 is 2.68 bits per heavy atom. The second-order valence-corrected chi connectivity index (χ2v) is 7.44. The molecule has 3 rings (SSSR count). The summed E-state index contributed by atoms with van der Waals surface area (Å²) in [6.07, 6.45) is 5.53. The van der Waals surface area contributed by atoms with Crippen molar-refractivity contribution in [3.05, 3.63) is 35.4 Å². The fourth-order valence-corrected chi connectivity index (χ4v) is 3.96. The van der Waals surface area contributed by atoms with Gasteiger partial charge < -0.3 is 20.1 Å². The molecule has 0 saturated carbocycles. The van der Waals surface area contributed by atoms with Gasteiger partial charge in [0.1, 0.15) is 0 Å². The van der Waals surface area contributed by atoms with Crippen LogP contribution in [0.15, 0.2) is 24.3 Å². The molecule has 2 aliphatic rings. The van der Waals surface area contributed by atoms with Crippen LogP contribution in [0.1, 0.15) is 48.5 Å². The zero-order valence-corrected chi connectivity index (χ0v) is 15.2. The molecule has 2 N–H and O–H groups in total. The number of piperidine rings is 1. The lowest BCUT2D eigenvalue weighted by molar-refractivity contribution is -0.0432. The van der Waals surface area contributed by atoms with E-state index in [-0.39, 0.29) is 5.60 Å². The maximum Gasteiger partial charge on any atom is 0.335 e. The highest BCUT2D eigenvalue weighted by molar-refractivity contribution is 5.87. The molecule has 25 heavy (non-hydrogen) atoms. The van der Waals surface area contributed by atoms with E-state index in [2.05, 4.69) is 17.1 Å². The van der Waals surface area contributed by atoms with Crippen LogP contribution in [-0.2, 0) is 11.2 Å². The lowest BCUT2D eigenvalue weighted by Crippen LogP contribution is -2.45. The van der Waals surface area contributed by atoms with Gasteiger partial charge >= 0.3 is 5.97 Å². The lowest BCUT2D eigenvalue weighted by atomic mass is 9.87. The third-order valence-electron chi connectivity index (χ3n) is 5.58. The quantitative estimate of drug-likeness (QED) is 0.794. The molecule has 2 aliphatic heterocycles. The van der Waals surface area contributed by atoms with Crippen LogP contribution in [0.5, 0.6) is 0 Å². The van der Waals surface area contributed by atoms with Crippen LogP contribution >= 0.6 is 0 Å². The fourth-order valence-electron chi connectivity index (χ4n) is 3.96. The van der Waals surface area contributed by atoms with Gasteiger partial charge in [-0.1, -0.05) is 19.1 Å². The molecule has 138 valence electrons. The number of likely N-dealkylation sites (tertiary alicyclic amines) is 1. The molecule has 2 heterocycles. The molecule has 0 bridgehead atoms. The Balaban J connectivity index is 1.41. The van der Waals surface area contributed by atoms with Crippen LogP contribution in [0.2, 0.25) is 0 Å². The predicted octanol–water partition coefficient (Wildman–Crippen LogP) is 2.55. The first kappa shape index (κ1) is 18.4. The van der Waals surface area contributed by atoms with E-state index < -0.39 is 5.97 Å². The van der Waals surface area contributed by atoms with Crippen molar-refractivity contribution < 1.29 is 14.6 Å². The van der Waals surface area contributed by atoms with Crippen molar-refractivity contribution >= 4 is 5.97 Å². The number of benzene rings is 1. The fraction of sp³-hybridized carbons (Fsp3) is 0.650. The summed E-state index contributed by atoms with van der Waals surface area (Å²) in [7, 11) is 0. The molecule has 1 spiro atoms. The average Bonchev–Trinajstić information content (AvgIpc) is 3.02. The standard InChI is InChI=1S/C20H30N2O3/c1-2-10-21-18-14-20(25-15-18)8-12-22(13-9-20)11-7-16-3-5-17(6-4-16)19(23)24/h3-6,18,21H,2,7-15H2,1H3,(H,23,24). The SMILES string of the molecule is CCCNC1COC2(CCN(CCc3ccc(C(=O)O)cc3)CC2)C1. The van der Waals surface area contributed by atoms with Gasteiger partial charge in [0.05, 0.1) is 17.8 Å². The van der Waals surface area contributed by atoms with E-state index >= 15 is 0 Å². The summed E-state index contributed by atoms with van der Waals surface area (Å²) in [4.78, 5) is 13.4. The highest BCUT2D eigenvalue weighted by Crippen LogP contribution is 2.35. The molecule has 0 aromatic heterocycles. The van der Waals surface area contributed by atoms with Crippen LogP contribution in [0.4, 0.5) is 0 Å². The molecule has 5 heteroatoms. The summed E-state index contributed by atoms with van der Waals surface area (Å²) in [6, 6.07) is 7.77. The van der Waals surface area contributed by atoms with Gasteiger partial charge in [0, 0.05) is 25.7 Å². The Hall–Kier alpha value is -1.43. The minimum Gasteiger partial charge on any atom is -0.478 e. The maximum absolute atomic E-state index is 10.9. The number of carboxylic acid groups (broad SMARTS) is 1. The van der Waals surface area contributed by atoms with E-state index in [1.54, 1.807) is 12.1 Å².